The molecule has 1 unspecified atom stereocenters. The first-order valence-corrected chi connectivity index (χ1v) is 6.39. The summed E-state index contributed by atoms with van der Waals surface area (Å²) >= 11 is 0. The lowest BCUT2D eigenvalue weighted by atomic mass is 10.1. The van der Waals surface area contributed by atoms with E-state index in [-0.39, 0.29) is 6.54 Å². The quantitative estimate of drug-likeness (QED) is 0.840. The molecule has 1 rings (SSSR count). The fraction of sp³-hybridized carbons (Fsp3) is 0.571. The van der Waals surface area contributed by atoms with E-state index in [9.17, 15) is 13.2 Å². The molecule has 120 valence electrons. The molecule has 1 aromatic rings. The molecular weight excluding hydrogens is 287 g/mol. The molecule has 0 amide bonds. The molecule has 0 aromatic heterocycles. The summed E-state index contributed by atoms with van der Waals surface area (Å²) in [5.41, 5.74) is 0.698. The van der Waals surface area contributed by atoms with Gasteiger partial charge in [0.1, 0.15) is 5.75 Å². The number of alkyl halides is 3. The first kappa shape index (κ1) is 17.4. The van der Waals surface area contributed by atoms with Gasteiger partial charge in [0.25, 0.3) is 0 Å². The predicted molar refractivity (Wildman–Crippen MR) is 73.1 cm³/mol. The average Bonchev–Trinajstić information content (AvgIpc) is 2.42. The molecule has 1 aromatic carbocycles. The zero-order valence-electron chi connectivity index (χ0n) is 12.5. The SMILES string of the molecule is COc1cc(OC)c(OC)cc1CNC(C)CC(F)(F)F. The fourth-order valence-corrected chi connectivity index (χ4v) is 1.93. The van der Waals surface area contributed by atoms with Crippen molar-refractivity contribution >= 4 is 0 Å². The van der Waals surface area contributed by atoms with Crippen LogP contribution in [0.15, 0.2) is 12.1 Å². The molecular formula is C14H20F3NO3. The van der Waals surface area contributed by atoms with E-state index >= 15 is 0 Å². The van der Waals surface area contributed by atoms with Gasteiger partial charge in [0.15, 0.2) is 11.5 Å². The highest BCUT2D eigenvalue weighted by Gasteiger charge is 2.29. The molecule has 0 heterocycles. The van der Waals surface area contributed by atoms with Crippen molar-refractivity contribution in [3.8, 4) is 17.2 Å². The van der Waals surface area contributed by atoms with Gasteiger partial charge in [0.05, 0.1) is 27.8 Å². The molecule has 0 spiro atoms. The Morgan fingerprint density at radius 2 is 1.52 bits per heavy atom. The molecule has 21 heavy (non-hydrogen) atoms. The summed E-state index contributed by atoms with van der Waals surface area (Å²) in [7, 11) is 4.48. The van der Waals surface area contributed by atoms with Crippen LogP contribution in [0.4, 0.5) is 13.2 Å². The van der Waals surface area contributed by atoms with Gasteiger partial charge in [0, 0.05) is 24.2 Å². The molecule has 0 fully saturated rings. The van der Waals surface area contributed by atoms with Crippen LogP contribution in [0.1, 0.15) is 18.9 Å². The van der Waals surface area contributed by atoms with E-state index in [0.717, 1.165) is 0 Å². The smallest absolute Gasteiger partial charge is 0.390 e. The number of ether oxygens (including phenoxy) is 3. The zero-order valence-corrected chi connectivity index (χ0v) is 12.5. The zero-order chi connectivity index (χ0) is 16.0. The van der Waals surface area contributed by atoms with E-state index in [0.29, 0.717) is 22.8 Å². The van der Waals surface area contributed by atoms with Gasteiger partial charge in [-0.15, -0.1) is 0 Å². The van der Waals surface area contributed by atoms with Gasteiger partial charge in [-0.05, 0) is 13.0 Å². The summed E-state index contributed by atoms with van der Waals surface area (Å²) in [6.07, 6.45) is -5.07. The number of benzene rings is 1. The van der Waals surface area contributed by atoms with Gasteiger partial charge < -0.3 is 19.5 Å². The molecule has 0 aliphatic carbocycles. The molecule has 0 radical (unpaired) electrons. The lowest BCUT2D eigenvalue weighted by Crippen LogP contribution is -2.30. The second-order valence-electron chi connectivity index (χ2n) is 4.62. The van der Waals surface area contributed by atoms with Crippen LogP contribution in [0.3, 0.4) is 0 Å². The summed E-state index contributed by atoms with van der Waals surface area (Å²) in [5.74, 6) is 1.53. The Labute approximate surface area is 122 Å². The average molecular weight is 307 g/mol. The summed E-state index contributed by atoms with van der Waals surface area (Å²) in [6, 6.07) is 2.64. The van der Waals surface area contributed by atoms with Crippen molar-refractivity contribution in [3.63, 3.8) is 0 Å². The third-order valence-electron chi connectivity index (χ3n) is 2.97. The van der Waals surface area contributed by atoms with Gasteiger partial charge in [0.2, 0.25) is 0 Å². The van der Waals surface area contributed by atoms with Crippen LogP contribution in [0.5, 0.6) is 17.2 Å². The van der Waals surface area contributed by atoms with Gasteiger partial charge >= 0.3 is 6.18 Å². The van der Waals surface area contributed by atoms with Crippen LogP contribution in [0.2, 0.25) is 0 Å². The third-order valence-corrected chi connectivity index (χ3v) is 2.97. The normalized spacial score (nSPS) is 12.9. The summed E-state index contributed by atoms with van der Waals surface area (Å²) < 4.78 is 52.4. The highest BCUT2D eigenvalue weighted by molar-refractivity contribution is 5.50. The van der Waals surface area contributed by atoms with E-state index in [4.69, 9.17) is 14.2 Å². The van der Waals surface area contributed by atoms with E-state index in [2.05, 4.69) is 5.32 Å². The summed E-state index contributed by atoms with van der Waals surface area (Å²) in [5, 5.41) is 2.82. The predicted octanol–water partition coefficient (Wildman–Crippen LogP) is 3.14. The molecule has 0 aliphatic rings. The molecule has 1 atom stereocenters. The van der Waals surface area contributed by atoms with Crippen LogP contribution in [0, 0.1) is 0 Å². The Balaban J connectivity index is 2.82. The lowest BCUT2D eigenvalue weighted by molar-refractivity contribution is -0.139. The molecule has 7 heteroatoms. The maximum atomic E-state index is 12.3. The second kappa shape index (κ2) is 7.40. The largest absolute Gasteiger partial charge is 0.496 e. The first-order valence-electron chi connectivity index (χ1n) is 6.39. The molecule has 0 bridgehead atoms. The van der Waals surface area contributed by atoms with Crippen LogP contribution in [0.25, 0.3) is 0 Å². The number of hydrogen-bond donors (Lipinski definition) is 1. The van der Waals surface area contributed by atoms with Crippen LogP contribution < -0.4 is 19.5 Å². The van der Waals surface area contributed by atoms with Gasteiger partial charge in [-0.3, -0.25) is 0 Å². The van der Waals surface area contributed by atoms with Crippen LogP contribution in [-0.2, 0) is 6.54 Å². The van der Waals surface area contributed by atoms with E-state index in [1.54, 1.807) is 12.1 Å². The Morgan fingerprint density at radius 3 is 2.00 bits per heavy atom. The number of hydrogen-bond acceptors (Lipinski definition) is 4. The van der Waals surface area contributed by atoms with Gasteiger partial charge in [-0.1, -0.05) is 0 Å². The Morgan fingerprint density at radius 1 is 1.00 bits per heavy atom. The van der Waals surface area contributed by atoms with Crippen molar-refractivity contribution in [3.05, 3.63) is 17.7 Å². The van der Waals surface area contributed by atoms with E-state index < -0.39 is 18.6 Å². The minimum atomic E-state index is -4.19. The van der Waals surface area contributed by atoms with E-state index in [1.807, 2.05) is 0 Å². The lowest BCUT2D eigenvalue weighted by Gasteiger charge is -2.18. The topological polar surface area (TPSA) is 39.7 Å². The molecule has 1 N–H and O–H groups in total. The summed E-state index contributed by atoms with van der Waals surface area (Å²) in [4.78, 5) is 0. The molecule has 0 aliphatic heterocycles. The van der Waals surface area contributed by atoms with Crippen molar-refractivity contribution < 1.29 is 27.4 Å². The first-order chi connectivity index (χ1) is 9.80. The second-order valence-corrected chi connectivity index (χ2v) is 4.62. The molecule has 0 saturated carbocycles. The van der Waals surface area contributed by atoms with Gasteiger partial charge in [-0.2, -0.15) is 13.2 Å². The van der Waals surface area contributed by atoms with Crippen LogP contribution >= 0.6 is 0 Å². The maximum absolute atomic E-state index is 12.3. The highest BCUT2D eigenvalue weighted by Crippen LogP contribution is 2.34. The van der Waals surface area contributed by atoms with Crippen molar-refractivity contribution in [1.82, 2.24) is 5.32 Å². The van der Waals surface area contributed by atoms with Gasteiger partial charge in [-0.25, -0.2) is 0 Å². The minimum absolute atomic E-state index is 0.237. The molecule has 0 saturated heterocycles. The number of rotatable bonds is 7. The number of nitrogens with one attached hydrogen (secondary N) is 1. The number of methoxy groups -OCH3 is 3. The highest BCUT2D eigenvalue weighted by atomic mass is 19.4. The maximum Gasteiger partial charge on any atom is 0.390 e. The molecule has 4 nitrogen and oxygen atoms in total. The summed E-state index contributed by atoms with van der Waals surface area (Å²) in [6.45, 7) is 1.72. The van der Waals surface area contributed by atoms with Crippen molar-refractivity contribution in [2.45, 2.75) is 32.1 Å². The van der Waals surface area contributed by atoms with Crippen molar-refractivity contribution in [2.75, 3.05) is 21.3 Å². The fourth-order valence-electron chi connectivity index (χ4n) is 1.93. The standard InChI is InChI=1S/C14H20F3NO3/c1-9(7-14(15,16)17)18-8-10-5-12(20-3)13(21-4)6-11(10)19-2/h5-6,9,18H,7-8H2,1-4H3. The van der Waals surface area contributed by atoms with Crippen molar-refractivity contribution in [1.29, 1.82) is 0 Å². The number of halogens is 3. The monoisotopic (exact) mass is 307 g/mol. The minimum Gasteiger partial charge on any atom is -0.496 e. The Hall–Kier alpha value is -1.63. The Kier molecular flexibility index (Phi) is 6.14. The third kappa shape index (κ3) is 5.34. The van der Waals surface area contributed by atoms with E-state index in [1.165, 1.54) is 28.3 Å². The Bertz CT molecular complexity index is 464. The van der Waals surface area contributed by atoms with Crippen LogP contribution in [-0.4, -0.2) is 33.5 Å². The van der Waals surface area contributed by atoms with Crippen molar-refractivity contribution in [2.24, 2.45) is 0 Å².